The van der Waals surface area contributed by atoms with Gasteiger partial charge in [-0.3, -0.25) is 9.47 Å². The molecule has 0 fully saturated rings. The van der Waals surface area contributed by atoms with Crippen LogP contribution in [-0.2, 0) is 19.8 Å². The van der Waals surface area contributed by atoms with Gasteiger partial charge in [-0.15, -0.1) is 27.8 Å². The summed E-state index contributed by atoms with van der Waals surface area (Å²) in [6.07, 6.45) is 0. The molecule has 0 saturated heterocycles. The summed E-state index contributed by atoms with van der Waals surface area (Å²) in [5.74, 6) is 0.945. The van der Waals surface area contributed by atoms with Gasteiger partial charge in [-0.25, -0.2) is 4.68 Å². The van der Waals surface area contributed by atoms with Crippen molar-refractivity contribution in [1.82, 2.24) is 19.2 Å². The van der Waals surface area contributed by atoms with E-state index in [1.165, 1.54) is 4.88 Å². The molecule has 0 aromatic carbocycles. The highest BCUT2D eigenvalue weighted by Gasteiger charge is 2.14. The van der Waals surface area contributed by atoms with Gasteiger partial charge >= 0.3 is 0 Å². The van der Waals surface area contributed by atoms with Gasteiger partial charge in [0.05, 0.1) is 15.9 Å². The quantitative estimate of drug-likeness (QED) is 0.561. The van der Waals surface area contributed by atoms with Crippen LogP contribution in [0.3, 0.4) is 0 Å². The number of hydrogen-bond acceptors (Lipinski definition) is 5. The van der Waals surface area contributed by atoms with E-state index in [1.54, 1.807) is 22.7 Å². The molecule has 0 aliphatic heterocycles. The lowest BCUT2D eigenvalue weighted by molar-refractivity contribution is 0.246. The Hall–Kier alpha value is -0.990. The lowest BCUT2D eigenvalue weighted by Gasteiger charge is -2.15. The van der Waals surface area contributed by atoms with Gasteiger partial charge in [0, 0.05) is 18.0 Å². The molecule has 0 saturated carbocycles. The molecule has 0 aliphatic rings. The van der Waals surface area contributed by atoms with E-state index in [9.17, 15) is 0 Å². The van der Waals surface area contributed by atoms with E-state index in [1.807, 2.05) is 16.8 Å². The van der Waals surface area contributed by atoms with Crippen molar-refractivity contribution in [3.63, 3.8) is 0 Å². The summed E-state index contributed by atoms with van der Waals surface area (Å²) >= 11 is 14.9. The Morgan fingerprint density at radius 1 is 1.35 bits per heavy atom. The highest BCUT2D eigenvalue weighted by atomic mass is 35.5. The third-order valence-electron chi connectivity index (χ3n) is 3.41. The summed E-state index contributed by atoms with van der Waals surface area (Å²) in [4.78, 5) is 4.56. The Bertz CT molecular complexity index is 831. The van der Waals surface area contributed by atoms with E-state index < -0.39 is 0 Å². The fourth-order valence-corrected chi connectivity index (χ4v) is 4.59. The molecule has 3 aromatic heterocycles. The number of nitrogens with zero attached hydrogens (tertiary/aromatic N) is 4. The van der Waals surface area contributed by atoms with Gasteiger partial charge in [-0.1, -0.05) is 17.7 Å². The second-order valence-corrected chi connectivity index (χ2v) is 8.30. The molecule has 0 N–H and O–H groups in total. The lowest BCUT2D eigenvalue weighted by atomic mass is 10.4. The largest absolute Gasteiger partial charge is 0.300 e. The van der Waals surface area contributed by atoms with Crippen LogP contribution in [0.15, 0.2) is 29.6 Å². The standard InChI is InChI=1S/C15H17ClN4S3/c1-3-19-14(12-5-4-8-22-12)17-20(15(19)21)10-18(2)9-11-6-7-13(16)23-11/h4-8H,3,9-10H2,1-2H3. The maximum absolute atomic E-state index is 5.99. The van der Waals surface area contributed by atoms with Crippen LogP contribution in [0, 0.1) is 4.77 Å². The summed E-state index contributed by atoms with van der Waals surface area (Å²) in [7, 11) is 2.06. The molecular formula is C15H17ClN4S3. The summed E-state index contributed by atoms with van der Waals surface area (Å²) in [6.45, 7) is 4.39. The summed E-state index contributed by atoms with van der Waals surface area (Å²) in [5, 5.41) is 6.79. The van der Waals surface area contributed by atoms with Crippen LogP contribution in [-0.4, -0.2) is 26.3 Å². The normalized spacial score (nSPS) is 11.5. The Balaban J connectivity index is 1.81. The topological polar surface area (TPSA) is 26.0 Å². The number of halogens is 1. The number of thiophene rings is 2. The van der Waals surface area contributed by atoms with Crippen molar-refractivity contribution < 1.29 is 0 Å². The molecule has 0 aliphatic carbocycles. The Labute approximate surface area is 153 Å². The Kier molecular flexibility index (Phi) is 5.33. The van der Waals surface area contributed by atoms with Gasteiger partial charge in [0.2, 0.25) is 0 Å². The van der Waals surface area contributed by atoms with E-state index in [-0.39, 0.29) is 0 Å². The van der Waals surface area contributed by atoms with Gasteiger partial charge in [-0.05, 0) is 49.8 Å². The first kappa shape index (κ1) is 16.9. The maximum atomic E-state index is 5.99. The van der Waals surface area contributed by atoms with Crippen LogP contribution >= 0.6 is 46.5 Å². The summed E-state index contributed by atoms with van der Waals surface area (Å²) < 4.78 is 5.55. The van der Waals surface area contributed by atoms with E-state index >= 15 is 0 Å². The minimum Gasteiger partial charge on any atom is -0.300 e. The highest BCUT2D eigenvalue weighted by molar-refractivity contribution is 7.71. The second kappa shape index (κ2) is 7.27. The minimum absolute atomic E-state index is 0.653. The average Bonchev–Trinajstić information content (AvgIpc) is 3.22. The van der Waals surface area contributed by atoms with Gasteiger partial charge in [0.1, 0.15) is 0 Å². The van der Waals surface area contributed by atoms with E-state index in [0.29, 0.717) is 6.67 Å². The third-order valence-corrected chi connectivity index (χ3v) is 5.92. The number of aromatic nitrogens is 3. The average molecular weight is 385 g/mol. The van der Waals surface area contributed by atoms with Crippen molar-refractivity contribution in [2.75, 3.05) is 7.05 Å². The zero-order valence-electron chi connectivity index (χ0n) is 12.9. The zero-order chi connectivity index (χ0) is 16.4. The highest BCUT2D eigenvalue weighted by Crippen LogP contribution is 2.24. The first-order valence-corrected chi connectivity index (χ1v) is 9.71. The maximum Gasteiger partial charge on any atom is 0.199 e. The molecule has 3 heterocycles. The second-order valence-electron chi connectivity index (χ2n) is 5.19. The molecule has 0 atom stereocenters. The van der Waals surface area contributed by atoms with Crippen molar-refractivity contribution in [3.05, 3.63) is 43.6 Å². The van der Waals surface area contributed by atoms with Crippen LogP contribution in [0.25, 0.3) is 10.7 Å². The Morgan fingerprint density at radius 2 is 2.17 bits per heavy atom. The lowest BCUT2D eigenvalue weighted by Crippen LogP contribution is -2.22. The molecule has 3 rings (SSSR count). The van der Waals surface area contributed by atoms with E-state index in [4.69, 9.17) is 28.9 Å². The van der Waals surface area contributed by atoms with Crippen LogP contribution in [0.5, 0.6) is 0 Å². The van der Waals surface area contributed by atoms with Gasteiger partial charge < -0.3 is 0 Å². The smallest absolute Gasteiger partial charge is 0.199 e. The predicted octanol–water partition coefficient (Wildman–Crippen LogP) is 4.97. The monoisotopic (exact) mass is 384 g/mol. The molecule has 8 heteroatoms. The van der Waals surface area contributed by atoms with Gasteiger partial charge in [0.25, 0.3) is 0 Å². The van der Waals surface area contributed by atoms with Crippen LogP contribution in [0.1, 0.15) is 11.8 Å². The third kappa shape index (κ3) is 3.75. The number of hydrogen-bond donors (Lipinski definition) is 0. The SMILES string of the molecule is CCn1c(-c2cccs2)nn(CN(C)Cc2ccc(Cl)s2)c1=S. The summed E-state index contributed by atoms with van der Waals surface area (Å²) in [6, 6.07) is 8.11. The Morgan fingerprint density at radius 3 is 2.78 bits per heavy atom. The molecule has 122 valence electrons. The summed E-state index contributed by atoms with van der Waals surface area (Å²) in [5.41, 5.74) is 0. The predicted molar refractivity (Wildman–Crippen MR) is 101 cm³/mol. The van der Waals surface area contributed by atoms with Crippen molar-refractivity contribution in [3.8, 4) is 10.7 Å². The van der Waals surface area contributed by atoms with Gasteiger partial charge in [-0.2, -0.15) is 0 Å². The molecule has 0 amide bonds. The van der Waals surface area contributed by atoms with E-state index in [0.717, 1.165) is 32.9 Å². The fourth-order valence-electron chi connectivity index (χ4n) is 2.39. The number of rotatable bonds is 6. The molecular weight excluding hydrogens is 368 g/mol. The minimum atomic E-state index is 0.653. The molecule has 0 bridgehead atoms. The molecule has 23 heavy (non-hydrogen) atoms. The van der Waals surface area contributed by atoms with Crippen molar-refractivity contribution in [2.24, 2.45) is 0 Å². The first-order valence-electron chi connectivity index (χ1n) is 7.22. The van der Waals surface area contributed by atoms with Crippen molar-refractivity contribution in [1.29, 1.82) is 0 Å². The van der Waals surface area contributed by atoms with Crippen LogP contribution in [0.4, 0.5) is 0 Å². The fraction of sp³-hybridized carbons (Fsp3) is 0.333. The molecule has 0 unspecified atom stereocenters. The van der Waals surface area contributed by atoms with E-state index in [2.05, 4.69) is 41.0 Å². The van der Waals surface area contributed by atoms with Gasteiger partial charge in [0.15, 0.2) is 10.6 Å². The first-order chi connectivity index (χ1) is 11.1. The molecule has 0 spiro atoms. The van der Waals surface area contributed by atoms with Crippen LogP contribution < -0.4 is 0 Å². The molecule has 0 radical (unpaired) electrons. The van der Waals surface area contributed by atoms with Crippen LogP contribution in [0.2, 0.25) is 4.34 Å². The zero-order valence-corrected chi connectivity index (χ0v) is 16.1. The molecule has 3 aromatic rings. The van der Waals surface area contributed by atoms with Crippen molar-refractivity contribution in [2.45, 2.75) is 26.7 Å². The molecule has 4 nitrogen and oxygen atoms in total. The van der Waals surface area contributed by atoms with Crippen molar-refractivity contribution >= 4 is 46.5 Å².